The summed E-state index contributed by atoms with van der Waals surface area (Å²) in [5, 5.41) is 20.9. The zero-order valence-electron chi connectivity index (χ0n) is 12.7. The zero-order chi connectivity index (χ0) is 15.5. The van der Waals surface area contributed by atoms with Crippen molar-refractivity contribution in [2.75, 3.05) is 31.1 Å². The van der Waals surface area contributed by atoms with Gasteiger partial charge in [-0.1, -0.05) is 12.8 Å². The van der Waals surface area contributed by atoms with E-state index in [0.717, 1.165) is 51.1 Å². The smallest absolute Gasteiger partial charge is 0.269 e. The fourth-order valence-electron chi connectivity index (χ4n) is 3.61. The predicted molar refractivity (Wildman–Crippen MR) is 85.1 cm³/mol. The first-order chi connectivity index (χ1) is 10.6. The molecule has 0 spiro atoms. The Bertz CT molecular complexity index is 512. The number of hydrogen-bond acceptors (Lipinski definition) is 5. The van der Waals surface area contributed by atoms with Crippen molar-refractivity contribution in [3.05, 3.63) is 34.4 Å². The van der Waals surface area contributed by atoms with E-state index < -0.39 is 0 Å². The number of aliphatic hydroxyl groups excluding tert-OH is 1. The number of anilines is 1. The van der Waals surface area contributed by atoms with Crippen molar-refractivity contribution in [1.82, 2.24) is 4.90 Å². The van der Waals surface area contributed by atoms with E-state index in [-0.39, 0.29) is 16.7 Å². The summed E-state index contributed by atoms with van der Waals surface area (Å²) in [5.74, 6) is 0. The summed E-state index contributed by atoms with van der Waals surface area (Å²) < 4.78 is 0. The minimum atomic E-state index is -0.369. The maximum Gasteiger partial charge on any atom is 0.269 e. The van der Waals surface area contributed by atoms with Crippen molar-refractivity contribution in [2.24, 2.45) is 0 Å². The molecule has 3 rings (SSSR count). The maximum atomic E-state index is 10.7. The van der Waals surface area contributed by atoms with Crippen LogP contribution in [-0.2, 0) is 0 Å². The predicted octanol–water partition coefficient (Wildman–Crippen LogP) is 2.02. The number of rotatable bonds is 3. The maximum absolute atomic E-state index is 10.7. The molecule has 1 aromatic rings. The second-order valence-corrected chi connectivity index (χ2v) is 6.22. The number of piperazine rings is 1. The third kappa shape index (κ3) is 3.23. The number of non-ortho nitro benzene ring substituents is 1. The van der Waals surface area contributed by atoms with Crippen LogP contribution in [0.25, 0.3) is 0 Å². The van der Waals surface area contributed by atoms with Crippen LogP contribution in [0.4, 0.5) is 11.4 Å². The molecule has 2 fully saturated rings. The number of nitro benzene ring substituents is 1. The highest BCUT2D eigenvalue weighted by Crippen LogP contribution is 2.26. The van der Waals surface area contributed by atoms with Gasteiger partial charge in [0.1, 0.15) is 0 Å². The molecule has 0 radical (unpaired) electrons. The third-order valence-corrected chi connectivity index (χ3v) is 4.90. The van der Waals surface area contributed by atoms with E-state index in [9.17, 15) is 15.2 Å². The van der Waals surface area contributed by atoms with Crippen LogP contribution >= 0.6 is 0 Å². The van der Waals surface area contributed by atoms with E-state index in [4.69, 9.17) is 0 Å². The summed E-state index contributed by atoms with van der Waals surface area (Å²) in [7, 11) is 0. The molecule has 2 aliphatic rings. The Labute approximate surface area is 130 Å². The molecule has 120 valence electrons. The summed E-state index contributed by atoms with van der Waals surface area (Å²) in [6.45, 7) is 3.69. The van der Waals surface area contributed by atoms with Gasteiger partial charge in [0.2, 0.25) is 0 Å². The molecule has 2 unspecified atom stereocenters. The number of hydrogen-bond donors (Lipinski definition) is 1. The van der Waals surface area contributed by atoms with Crippen molar-refractivity contribution in [3.8, 4) is 0 Å². The quantitative estimate of drug-likeness (QED) is 0.683. The van der Waals surface area contributed by atoms with Gasteiger partial charge in [0.15, 0.2) is 0 Å². The largest absolute Gasteiger partial charge is 0.391 e. The molecule has 1 heterocycles. The molecule has 6 heteroatoms. The minimum absolute atomic E-state index is 0.132. The average Bonchev–Trinajstić information content (AvgIpc) is 2.56. The van der Waals surface area contributed by atoms with Crippen molar-refractivity contribution in [2.45, 2.75) is 37.8 Å². The normalized spacial score (nSPS) is 26.9. The number of nitro groups is 1. The molecule has 0 amide bonds. The second-order valence-electron chi connectivity index (χ2n) is 6.22. The van der Waals surface area contributed by atoms with Gasteiger partial charge < -0.3 is 10.0 Å². The van der Waals surface area contributed by atoms with Crippen LogP contribution in [-0.4, -0.2) is 53.3 Å². The van der Waals surface area contributed by atoms with Gasteiger partial charge in [0.25, 0.3) is 5.69 Å². The van der Waals surface area contributed by atoms with Gasteiger partial charge in [-0.2, -0.15) is 0 Å². The minimum Gasteiger partial charge on any atom is -0.391 e. The Morgan fingerprint density at radius 3 is 2.27 bits per heavy atom. The Hall–Kier alpha value is -1.66. The van der Waals surface area contributed by atoms with Crippen LogP contribution in [0, 0.1) is 10.1 Å². The van der Waals surface area contributed by atoms with E-state index in [0.29, 0.717) is 6.04 Å². The summed E-state index contributed by atoms with van der Waals surface area (Å²) in [5.41, 5.74) is 1.17. The number of aliphatic hydroxyl groups is 1. The Morgan fingerprint density at radius 2 is 1.68 bits per heavy atom. The van der Waals surface area contributed by atoms with E-state index in [1.54, 1.807) is 12.1 Å². The van der Waals surface area contributed by atoms with E-state index in [2.05, 4.69) is 9.80 Å². The van der Waals surface area contributed by atoms with Crippen molar-refractivity contribution in [1.29, 1.82) is 0 Å². The lowest BCUT2D eigenvalue weighted by Crippen LogP contribution is -2.54. The van der Waals surface area contributed by atoms with Gasteiger partial charge in [-0.25, -0.2) is 0 Å². The third-order valence-electron chi connectivity index (χ3n) is 4.90. The van der Waals surface area contributed by atoms with Gasteiger partial charge >= 0.3 is 0 Å². The highest BCUT2D eigenvalue weighted by atomic mass is 16.6. The number of nitrogens with zero attached hydrogens (tertiary/aromatic N) is 3. The van der Waals surface area contributed by atoms with Gasteiger partial charge in [-0.3, -0.25) is 15.0 Å². The molecule has 22 heavy (non-hydrogen) atoms. The van der Waals surface area contributed by atoms with E-state index in [1.165, 1.54) is 6.42 Å². The molecule has 1 N–H and O–H groups in total. The molecule has 1 aliphatic heterocycles. The first kappa shape index (κ1) is 15.2. The Balaban J connectivity index is 1.58. The number of benzene rings is 1. The van der Waals surface area contributed by atoms with Gasteiger partial charge in [-0.15, -0.1) is 0 Å². The van der Waals surface area contributed by atoms with Crippen LogP contribution in [0.2, 0.25) is 0 Å². The second kappa shape index (κ2) is 6.62. The van der Waals surface area contributed by atoms with Crippen molar-refractivity contribution in [3.63, 3.8) is 0 Å². The molecule has 6 nitrogen and oxygen atoms in total. The summed E-state index contributed by atoms with van der Waals surface area (Å²) in [4.78, 5) is 15.0. The Kier molecular flexibility index (Phi) is 4.59. The van der Waals surface area contributed by atoms with Crippen LogP contribution in [0.1, 0.15) is 25.7 Å². The monoisotopic (exact) mass is 305 g/mol. The van der Waals surface area contributed by atoms with E-state index >= 15 is 0 Å². The van der Waals surface area contributed by atoms with Crippen molar-refractivity contribution >= 4 is 11.4 Å². The summed E-state index contributed by atoms with van der Waals surface area (Å²) >= 11 is 0. The lowest BCUT2D eigenvalue weighted by molar-refractivity contribution is -0.384. The molecule has 1 aliphatic carbocycles. The first-order valence-corrected chi connectivity index (χ1v) is 8.06. The SMILES string of the molecule is O=[N+]([O-])c1ccc(N2CCN(C3CCCCC3O)CC2)cc1. The fourth-order valence-corrected chi connectivity index (χ4v) is 3.61. The van der Waals surface area contributed by atoms with Crippen molar-refractivity contribution < 1.29 is 10.0 Å². The first-order valence-electron chi connectivity index (χ1n) is 8.06. The van der Waals surface area contributed by atoms with Gasteiger partial charge in [0.05, 0.1) is 11.0 Å². The highest BCUT2D eigenvalue weighted by molar-refractivity contribution is 5.51. The summed E-state index contributed by atoms with van der Waals surface area (Å²) in [6.07, 6.45) is 4.19. The lowest BCUT2D eigenvalue weighted by Gasteiger charge is -2.43. The molecule has 0 bridgehead atoms. The standard InChI is InChI=1S/C16H23N3O3/c20-16-4-2-1-3-15(16)18-11-9-17(10-12-18)13-5-7-14(8-6-13)19(21)22/h5-8,15-16,20H,1-4,9-12H2. The Morgan fingerprint density at radius 1 is 1.05 bits per heavy atom. The van der Waals surface area contributed by atoms with E-state index in [1.807, 2.05) is 12.1 Å². The van der Waals surface area contributed by atoms with Gasteiger partial charge in [0, 0.05) is 50.0 Å². The molecule has 2 atom stereocenters. The molecule has 1 saturated heterocycles. The molecule has 0 aromatic heterocycles. The average molecular weight is 305 g/mol. The highest BCUT2D eigenvalue weighted by Gasteiger charge is 2.30. The molecular formula is C16H23N3O3. The molecule has 1 aromatic carbocycles. The fraction of sp³-hybridized carbons (Fsp3) is 0.625. The van der Waals surface area contributed by atoms with Crippen LogP contribution < -0.4 is 4.90 Å². The topological polar surface area (TPSA) is 69.9 Å². The zero-order valence-corrected chi connectivity index (χ0v) is 12.7. The molecule has 1 saturated carbocycles. The van der Waals surface area contributed by atoms with Crippen LogP contribution in [0.5, 0.6) is 0 Å². The molecular weight excluding hydrogens is 282 g/mol. The van der Waals surface area contributed by atoms with Crippen LogP contribution in [0.3, 0.4) is 0 Å². The van der Waals surface area contributed by atoms with Gasteiger partial charge in [-0.05, 0) is 25.0 Å². The summed E-state index contributed by atoms with van der Waals surface area (Å²) in [6, 6.07) is 7.08. The lowest BCUT2D eigenvalue weighted by atomic mass is 9.91. The van der Waals surface area contributed by atoms with Crippen LogP contribution in [0.15, 0.2) is 24.3 Å².